The second kappa shape index (κ2) is 14.1. The van der Waals surface area contributed by atoms with Gasteiger partial charge >= 0.3 is 12.1 Å². The number of halogens is 2. The number of carbonyl (C=O) groups is 4. The Morgan fingerprint density at radius 3 is 2.46 bits per heavy atom. The normalized spacial score (nSPS) is 26.2. The van der Waals surface area contributed by atoms with E-state index < -0.39 is 77.9 Å². The number of carboxylic acids is 1. The third-order valence-electron chi connectivity index (χ3n) is 10.2. The van der Waals surface area contributed by atoms with Gasteiger partial charge in [0.25, 0.3) is 0 Å². The Labute approximate surface area is 309 Å². The Hall–Kier alpha value is -5.34. The summed E-state index contributed by atoms with van der Waals surface area (Å²) in [4.78, 5) is 64.8. The Kier molecular flexibility index (Phi) is 9.69. The summed E-state index contributed by atoms with van der Waals surface area (Å²) in [5, 5.41) is 16.2. The predicted octanol–water partition coefficient (Wildman–Crippen LogP) is 6.23. The molecule has 2 aliphatic heterocycles. The van der Waals surface area contributed by atoms with E-state index in [1.165, 1.54) is 4.90 Å². The summed E-state index contributed by atoms with van der Waals surface area (Å²) in [5.41, 5.74) is -0.765. The summed E-state index contributed by atoms with van der Waals surface area (Å²) in [5.74, 6) is -6.53. The largest absolute Gasteiger partial charge is 0.479 e. The molecule has 3 N–H and O–H groups in total. The zero-order valence-electron chi connectivity index (χ0n) is 30.3. The van der Waals surface area contributed by atoms with Crippen LogP contribution in [0.1, 0.15) is 72.1 Å². The van der Waals surface area contributed by atoms with Crippen molar-refractivity contribution in [3.05, 3.63) is 54.6 Å². The summed E-state index contributed by atoms with van der Waals surface area (Å²) in [6.07, 6.45) is -2.25. The number of benzene rings is 2. The van der Waals surface area contributed by atoms with Gasteiger partial charge in [-0.15, -0.1) is 0 Å². The van der Waals surface area contributed by atoms with Crippen molar-refractivity contribution in [2.24, 2.45) is 5.92 Å². The van der Waals surface area contributed by atoms with E-state index in [-0.39, 0.29) is 38.1 Å². The molecule has 1 saturated carbocycles. The molecule has 3 amide bonds. The lowest BCUT2D eigenvalue weighted by Gasteiger charge is -2.30. The first kappa shape index (κ1) is 37.0. The van der Waals surface area contributed by atoms with Crippen molar-refractivity contribution in [2.45, 2.75) is 107 Å². The van der Waals surface area contributed by atoms with Crippen molar-refractivity contribution in [1.29, 1.82) is 0 Å². The van der Waals surface area contributed by atoms with E-state index in [1.54, 1.807) is 39.0 Å². The molecule has 5 atom stereocenters. The number of aliphatic carboxylic acids is 1. The molecule has 0 spiro atoms. The molecule has 2 aromatic carbocycles. The molecule has 15 heteroatoms. The van der Waals surface area contributed by atoms with E-state index in [2.05, 4.69) is 10.6 Å². The van der Waals surface area contributed by atoms with Crippen LogP contribution >= 0.6 is 0 Å². The predicted molar refractivity (Wildman–Crippen MR) is 192 cm³/mol. The summed E-state index contributed by atoms with van der Waals surface area (Å²) in [6.45, 7) is 4.88. The smallest absolute Gasteiger partial charge is 0.408 e. The number of hydrogen-bond acceptors (Lipinski definition) is 9. The van der Waals surface area contributed by atoms with Crippen LogP contribution in [0.15, 0.2) is 59.0 Å². The van der Waals surface area contributed by atoms with Crippen LogP contribution in [-0.2, 0) is 19.1 Å². The Morgan fingerprint density at radius 2 is 1.74 bits per heavy atom. The molecule has 4 heterocycles. The highest BCUT2D eigenvalue weighted by molar-refractivity contribution is 5.96. The number of rotatable bonds is 5. The van der Waals surface area contributed by atoms with Crippen molar-refractivity contribution in [3.8, 4) is 17.3 Å². The maximum Gasteiger partial charge on any atom is 0.408 e. The molecule has 0 radical (unpaired) electrons. The van der Waals surface area contributed by atoms with Gasteiger partial charge in [0.1, 0.15) is 34.9 Å². The molecule has 286 valence electrons. The monoisotopic (exact) mass is 747 g/mol. The first-order chi connectivity index (χ1) is 25.6. The van der Waals surface area contributed by atoms with Crippen LogP contribution in [-0.4, -0.2) is 85.6 Å². The first-order valence-electron chi connectivity index (χ1n) is 18.3. The van der Waals surface area contributed by atoms with Gasteiger partial charge in [0.2, 0.25) is 23.6 Å². The number of amides is 3. The fourth-order valence-electron chi connectivity index (χ4n) is 7.48. The van der Waals surface area contributed by atoms with Gasteiger partial charge in [0, 0.05) is 30.6 Å². The molecular weight excluding hydrogens is 704 g/mol. The SMILES string of the molecule is CC(C)(C)OC(=O)N[C@H]1CCCCCC(F)(F)C[C@@H]2C[C@@]2(C(=O)O)NC(=O)[C@@H]2C[C@@H](Oc3nc4ccccc4nc3-c3cc4ccccc4o3)CN2C1=O. The Bertz CT molecular complexity index is 2070. The minimum Gasteiger partial charge on any atom is -0.479 e. The lowest BCUT2D eigenvalue weighted by atomic mass is 10.0. The van der Waals surface area contributed by atoms with E-state index in [1.807, 2.05) is 36.4 Å². The minimum absolute atomic E-state index is 0.0864. The molecule has 1 aliphatic carbocycles. The van der Waals surface area contributed by atoms with Crippen molar-refractivity contribution in [3.63, 3.8) is 0 Å². The molecule has 3 aliphatic rings. The maximum absolute atomic E-state index is 15.0. The summed E-state index contributed by atoms with van der Waals surface area (Å²) in [7, 11) is 0. The summed E-state index contributed by atoms with van der Waals surface area (Å²) >= 11 is 0. The highest BCUT2D eigenvalue weighted by Gasteiger charge is 2.64. The number of aromatic nitrogens is 2. The van der Waals surface area contributed by atoms with Crippen LogP contribution in [0.5, 0.6) is 5.88 Å². The van der Waals surface area contributed by atoms with E-state index in [9.17, 15) is 24.3 Å². The maximum atomic E-state index is 15.0. The fourth-order valence-corrected chi connectivity index (χ4v) is 7.48. The number of furan rings is 1. The van der Waals surface area contributed by atoms with Crippen molar-refractivity contribution in [2.75, 3.05) is 6.54 Å². The molecule has 0 bridgehead atoms. The second-order valence-corrected chi connectivity index (χ2v) is 15.5. The number of carboxylic acid groups (broad SMARTS) is 1. The lowest BCUT2D eigenvalue weighted by molar-refractivity contribution is -0.146. The molecular formula is C39H43F2N5O8. The average Bonchev–Trinajstić information content (AvgIpc) is 3.41. The molecule has 3 fully saturated rings. The molecule has 2 saturated heterocycles. The van der Waals surface area contributed by atoms with Crippen molar-refractivity contribution < 1.29 is 47.0 Å². The molecule has 0 unspecified atom stereocenters. The third-order valence-corrected chi connectivity index (χ3v) is 10.2. The van der Waals surface area contributed by atoms with Crippen LogP contribution < -0.4 is 15.4 Å². The minimum atomic E-state index is -3.15. The van der Waals surface area contributed by atoms with E-state index in [0.29, 0.717) is 40.9 Å². The van der Waals surface area contributed by atoms with Crippen molar-refractivity contribution >= 4 is 45.9 Å². The van der Waals surface area contributed by atoms with Gasteiger partial charge in [-0.25, -0.2) is 28.3 Å². The number of nitrogens with zero attached hydrogens (tertiary/aromatic N) is 3. The quantitative estimate of drug-likeness (QED) is 0.212. The van der Waals surface area contributed by atoms with Gasteiger partial charge in [-0.3, -0.25) is 9.59 Å². The van der Waals surface area contributed by atoms with Gasteiger partial charge in [-0.2, -0.15) is 0 Å². The topological polar surface area (TPSA) is 173 Å². The van der Waals surface area contributed by atoms with Gasteiger partial charge in [-0.1, -0.05) is 43.2 Å². The van der Waals surface area contributed by atoms with Gasteiger partial charge in [0.15, 0.2) is 11.5 Å². The number of alkyl carbamates (subject to hydrolysis) is 1. The first-order valence-corrected chi connectivity index (χ1v) is 18.3. The zero-order chi connectivity index (χ0) is 38.4. The molecule has 4 aromatic rings. The summed E-state index contributed by atoms with van der Waals surface area (Å²) in [6, 6.07) is 14.0. The number of carbonyl (C=O) groups excluding carboxylic acids is 3. The number of para-hydroxylation sites is 3. The summed E-state index contributed by atoms with van der Waals surface area (Å²) < 4.78 is 48.1. The van der Waals surface area contributed by atoms with E-state index in [4.69, 9.17) is 23.9 Å². The molecule has 13 nitrogen and oxygen atoms in total. The van der Waals surface area contributed by atoms with E-state index >= 15 is 8.78 Å². The van der Waals surface area contributed by atoms with Crippen LogP contribution in [0.4, 0.5) is 13.6 Å². The number of ether oxygens (including phenoxy) is 2. The van der Waals surface area contributed by atoms with Crippen molar-refractivity contribution in [1.82, 2.24) is 25.5 Å². The molecule has 7 rings (SSSR count). The molecule has 2 aromatic heterocycles. The Morgan fingerprint density at radius 1 is 1.02 bits per heavy atom. The van der Waals surface area contributed by atoms with Crippen LogP contribution in [0.2, 0.25) is 0 Å². The third kappa shape index (κ3) is 7.80. The number of hydrogen-bond donors (Lipinski definition) is 3. The number of nitrogens with one attached hydrogen (secondary N) is 2. The number of alkyl halides is 2. The van der Waals surface area contributed by atoms with Gasteiger partial charge in [0.05, 0.1) is 17.6 Å². The van der Waals surface area contributed by atoms with Crippen LogP contribution in [0.25, 0.3) is 33.5 Å². The molecule has 54 heavy (non-hydrogen) atoms. The van der Waals surface area contributed by atoms with Gasteiger partial charge < -0.3 is 34.5 Å². The standard InChI is InChI=1S/C39H43F2N5O8/c1-37(2,3)54-36(51)44-27-14-5-4-10-16-38(40,41)19-23-20-39(23,35(49)50)45-32(47)28-18-24(21-46(28)34(27)48)52-33-31(42-25-12-7-8-13-26(25)43-33)30-17-22-11-6-9-15-29(22)53-30/h6-9,11-13,15,17,23-24,27-28H,4-5,10,14,16,18-21H2,1-3H3,(H,44,51)(H,45,47)(H,49,50)/t23-,24-,27+,28+,39-/m1/s1. The van der Waals surface area contributed by atoms with E-state index in [0.717, 1.165) is 5.39 Å². The van der Waals surface area contributed by atoms with Gasteiger partial charge in [-0.05, 0) is 64.3 Å². The lowest BCUT2D eigenvalue weighted by Crippen LogP contribution is -2.56. The van der Waals surface area contributed by atoms with Crippen LogP contribution in [0.3, 0.4) is 0 Å². The fraction of sp³-hybridized carbons (Fsp3) is 0.487. The zero-order valence-corrected chi connectivity index (χ0v) is 30.3. The Balaban J connectivity index is 1.23. The highest BCUT2D eigenvalue weighted by atomic mass is 19.3. The average molecular weight is 748 g/mol. The highest BCUT2D eigenvalue weighted by Crippen LogP contribution is 2.51. The second-order valence-electron chi connectivity index (χ2n) is 15.5. The number of fused-ring (bicyclic) bond motifs is 4. The van der Waals surface area contributed by atoms with Crippen LogP contribution in [0, 0.1) is 5.92 Å².